The van der Waals surface area contributed by atoms with Crippen LogP contribution in [0.1, 0.15) is 28.9 Å². The summed E-state index contributed by atoms with van der Waals surface area (Å²) >= 11 is 0. The molecule has 108 valence electrons. The van der Waals surface area contributed by atoms with Gasteiger partial charge in [-0.1, -0.05) is 0 Å². The van der Waals surface area contributed by atoms with Crippen LogP contribution in [0, 0.1) is 10.1 Å². The molecule has 21 heavy (non-hydrogen) atoms. The van der Waals surface area contributed by atoms with Gasteiger partial charge in [-0.3, -0.25) is 10.1 Å². The molecule has 1 saturated carbocycles. The average molecular weight is 289 g/mol. The van der Waals surface area contributed by atoms with Crippen LogP contribution in [-0.2, 0) is 6.42 Å². The zero-order chi connectivity index (χ0) is 14.7. The minimum atomic E-state index is -1.16. The third-order valence-corrected chi connectivity index (χ3v) is 3.96. The number of fused-ring (bicyclic) bond motifs is 3. The molecule has 4 rings (SSSR count). The number of rotatable bonds is 3. The van der Waals surface area contributed by atoms with Gasteiger partial charge in [-0.25, -0.2) is 9.78 Å². The Morgan fingerprint density at radius 3 is 2.86 bits per heavy atom. The summed E-state index contributed by atoms with van der Waals surface area (Å²) in [7, 11) is 0. The van der Waals surface area contributed by atoms with Gasteiger partial charge in [0.1, 0.15) is 12.0 Å². The number of nitro groups is 1. The standard InChI is InChI=1S/C12H11N5O4/c18-12(19)9-7-3-4-15(6-1-2-6)11(7)16-10(14-9)8(5-13-16)17(20)21/h5-6H,1-4H2,(H,18,19). The predicted octanol–water partition coefficient (Wildman–Crippen LogP) is 0.861. The fourth-order valence-electron chi connectivity index (χ4n) is 2.91. The average Bonchev–Trinajstić information content (AvgIpc) is 3.03. The summed E-state index contributed by atoms with van der Waals surface area (Å²) in [5.41, 5.74) is 0.218. The first-order valence-corrected chi connectivity index (χ1v) is 6.63. The number of hydrogen-bond donors (Lipinski definition) is 1. The molecule has 0 unspecified atom stereocenters. The molecule has 1 N–H and O–H groups in total. The minimum absolute atomic E-state index is 0.0105. The van der Waals surface area contributed by atoms with E-state index >= 15 is 0 Å². The highest BCUT2D eigenvalue weighted by atomic mass is 16.6. The summed E-state index contributed by atoms with van der Waals surface area (Å²) in [6.07, 6.45) is 3.80. The zero-order valence-electron chi connectivity index (χ0n) is 10.9. The molecule has 9 nitrogen and oxygen atoms in total. The number of carboxylic acid groups (broad SMARTS) is 1. The maximum atomic E-state index is 11.4. The van der Waals surface area contributed by atoms with Crippen molar-refractivity contribution in [3.8, 4) is 0 Å². The van der Waals surface area contributed by atoms with Gasteiger partial charge in [-0.15, -0.1) is 0 Å². The lowest BCUT2D eigenvalue weighted by Gasteiger charge is -2.19. The molecule has 2 aromatic rings. The van der Waals surface area contributed by atoms with Gasteiger partial charge >= 0.3 is 11.7 Å². The Balaban J connectivity index is 2.05. The van der Waals surface area contributed by atoms with E-state index in [2.05, 4.69) is 15.0 Å². The summed E-state index contributed by atoms with van der Waals surface area (Å²) in [4.78, 5) is 27.9. The lowest BCUT2D eigenvalue weighted by molar-refractivity contribution is -0.383. The Kier molecular flexibility index (Phi) is 2.24. The smallest absolute Gasteiger partial charge is 0.355 e. The Labute approximate surface area is 118 Å². The normalized spacial score (nSPS) is 17.2. The molecular weight excluding hydrogens is 278 g/mol. The number of carboxylic acids is 1. The van der Waals surface area contributed by atoms with E-state index in [1.807, 2.05) is 0 Å². The second kappa shape index (κ2) is 3.90. The van der Waals surface area contributed by atoms with E-state index in [-0.39, 0.29) is 17.0 Å². The molecule has 1 aliphatic carbocycles. The fraction of sp³-hybridized carbons (Fsp3) is 0.417. The molecule has 0 atom stereocenters. The molecular formula is C12H11N5O4. The topological polar surface area (TPSA) is 114 Å². The van der Waals surface area contributed by atoms with Gasteiger partial charge in [0.25, 0.3) is 0 Å². The predicted molar refractivity (Wildman–Crippen MR) is 70.7 cm³/mol. The SMILES string of the molecule is O=C(O)c1nc2c([N+](=O)[O-])cnn2c2c1CCN2C1CC1. The van der Waals surface area contributed by atoms with Gasteiger partial charge in [0.15, 0.2) is 5.69 Å². The number of hydrogen-bond acceptors (Lipinski definition) is 6. The van der Waals surface area contributed by atoms with E-state index in [0.29, 0.717) is 30.4 Å². The van der Waals surface area contributed by atoms with Crippen LogP contribution in [-0.4, -0.2) is 43.2 Å². The van der Waals surface area contributed by atoms with Crippen molar-refractivity contribution in [3.05, 3.63) is 27.6 Å². The third-order valence-electron chi connectivity index (χ3n) is 3.96. The van der Waals surface area contributed by atoms with Crippen molar-refractivity contribution >= 4 is 23.1 Å². The zero-order valence-corrected chi connectivity index (χ0v) is 10.9. The molecule has 0 saturated heterocycles. The van der Waals surface area contributed by atoms with Gasteiger partial charge in [-0.05, 0) is 19.3 Å². The van der Waals surface area contributed by atoms with E-state index in [1.54, 1.807) is 0 Å². The molecule has 0 bridgehead atoms. The number of aromatic nitrogens is 3. The van der Waals surface area contributed by atoms with E-state index in [9.17, 15) is 20.0 Å². The largest absolute Gasteiger partial charge is 0.476 e. The summed E-state index contributed by atoms with van der Waals surface area (Å²) in [5, 5.41) is 24.4. The van der Waals surface area contributed by atoms with Crippen LogP contribution < -0.4 is 4.90 Å². The van der Waals surface area contributed by atoms with Crippen LogP contribution in [0.5, 0.6) is 0 Å². The first kappa shape index (κ1) is 12.1. The van der Waals surface area contributed by atoms with Gasteiger partial charge in [0.05, 0.1) is 4.92 Å². The molecule has 3 heterocycles. The highest BCUT2D eigenvalue weighted by Crippen LogP contribution is 2.39. The second-order valence-corrected chi connectivity index (χ2v) is 5.26. The van der Waals surface area contributed by atoms with Crippen molar-refractivity contribution < 1.29 is 14.8 Å². The van der Waals surface area contributed by atoms with E-state index < -0.39 is 10.9 Å². The lowest BCUT2D eigenvalue weighted by atomic mass is 10.2. The molecule has 9 heteroatoms. The van der Waals surface area contributed by atoms with Crippen molar-refractivity contribution in [2.75, 3.05) is 11.4 Å². The highest BCUT2D eigenvalue weighted by molar-refractivity contribution is 5.91. The monoisotopic (exact) mass is 289 g/mol. The maximum Gasteiger partial charge on any atom is 0.355 e. The van der Waals surface area contributed by atoms with Crippen LogP contribution >= 0.6 is 0 Å². The fourth-order valence-corrected chi connectivity index (χ4v) is 2.91. The minimum Gasteiger partial charge on any atom is -0.476 e. The highest BCUT2D eigenvalue weighted by Gasteiger charge is 2.39. The van der Waals surface area contributed by atoms with Crippen LogP contribution in [0.15, 0.2) is 6.20 Å². The summed E-state index contributed by atoms with van der Waals surface area (Å²) < 4.78 is 1.41. The Bertz CT molecular complexity index is 795. The number of anilines is 1. The summed E-state index contributed by atoms with van der Waals surface area (Å²) in [5.74, 6) is -0.519. The molecule has 0 aromatic carbocycles. The van der Waals surface area contributed by atoms with Crippen molar-refractivity contribution in [2.24, 2.45) is 0 Å². The van der Waals surface area contributed by atoms with Crippen LogP contribution in [0.3, 0.4) is 0 Å². The Hall–Kier alpha value is -2.71. The molecule has 1 fully saturated rings. The first-order chi connectivity index (χ1) is 10.1. The number of carbonyl (C=O) groups is 1. The molecule has 0 spiro atoms. The molecule has 2 aromatic heterocycles. The Morgan fingerprint density at radius 1 is 1.48 bits per heavy atom. The maximum absolute atomic E-state index is 11.4. The Morgan fingerprint density at radius 2 is 2.24 bits per heavy atom. The third kappa shape index (κ3) is 1.60. The number of nitrogens with zero attached hydrogens (tertiary/aromatic N) is 5. The van der Waals surface area contributed by atoms with E-state index in [0.717, 1.165) is 19.0 Å². The van der Waals surface area contributed by atoms with Crippen molar-refractivity contribution in [1.82, 2.24) is 14.6 Å². The number of aromatic carboxylic acids is 1. The molecule has 2 aliphatic rings. The molecule has 0 amide bonds. The van der Waals surface area contributed by atoms with Crippen molar-refractivity contribution in [3.63, 3.8) is 0 Å². The van der Waals surface area contributed by atoms with Gasteiger partial charge < -0.3 is 10.0 Å². The lowest BCUT2D eigenvalue weighted by Crippen LogP contribution is -2.25. The van der Waals surface area contributed by atoms with Crippen LogP contribution in [0.25, 0.3) is 5.65 Å². The first-order valence-electron chi connectivity index (χ1n) is 6.63. The second-order valence-electron chi connectivity index (χ2n) is 5.26. The van der Waals surface area contributed by atoms with Crippen LogP contribution in [0.2, 0.25) is 0 Å². The van der Waals surface area contributed by atoms with Gasteiger partial charge in [0, 0.05) is 18.2 Å². The van der Waals surface area contributed by atoms with Crippen molar-refractivity contribution in [1.29, 1.82) is 0 Å². The molecule has 1 aliphatic heterocycles. The quantitative estimate of drug-likeness (QED) is 0.658. The summed E-state index contributed by atoms with van der Waals surface area (Å²) in [6, 6.07) is 0.377. The van der Waals surface area contributed by atoms with E-state index in [4.69, 9.17) is 0 Å². The van der Waals surface area contributed by atoms with Gasteiger partial charge in [0.2, 0.25) is 5.65 Å². The van der Waals surface area contributed by atoms with Crippen molar-refractivity contribution in [2.45, 2.75) is 25.3 Å². The van der Waals surface area contributed by atoms with Gasteiger partial charge in [-0.2, -0.15) is 9.61 Å². The summed E-state index contributed by atoms with van der Waals surface area (Å²) in [6.45, 7) is 0.703. The van der Waals surface area contributed by atoms with Crippen LogP contribution in [0.4, 0.5) is 11.5 Å². The molecule has 0 radical (unpaired) electrons. The van der Waals surface area contributed by atoms with E-state index in [1.165, 1.54) is 4.52 Å².